The van der Waals surface area contributed by atoms with Crippen LogP contribution in [0.1, 0.15) is 34.8 Å². The zero-order chi connectivity index (χ0) is 20.4. The zero-order valence-electron chi connectivity index (χ0n) is 15.6. The number of Topliss-reactive ketones (excluding diaryl/α,β-unsaturated/α-hetero) is 1. The molecule has 0 unspecified atom stereocenters. The average Bonchev–Trinajstić information content (AvgIpc) is 2.71. The number of ether oxygens (including phenoxy) is 1. The number of benzene rings is 2. The van der Waals surface area contributed by atoms with E-state index < -0.39 is 16.0 Å². The van der Waals surface area contributed by atoms with E-state index in [1.165, 1.54) is 6.08 Å². The molecule has 7 heteroatoms. The summed E-state index contributed by atoms with van der Waals surface area (Å²) in [5, 5.41) is 1.04. The van der Waals surface area contributed by atoms with Crippen LogP contribution in [0.2, 0.25) is 0 Å². The first-order chi connectivity index (χ1) is 13.4. The standard InChI is InChI=1S/C21H23NO5S/c1-2-17-8-10-19(11-9-17)20(23)16-27-21(24)12-14-22-28(25,26)15-13-18-6-4-3-5-7-18/h3-11,13,15,22H,2,12,14,16H2,1H3/b15-13+. The van der Waals surface area contributed by atoms with E-state index in [1.807, 2.05) is 25.1 Å². The van der Waals surface area contributed by atoms with Gasteiger partial charge in [0.15, 0.2) is 12.4 Å². The average molecular weight is 401 g/mol. The number of carbonyl (C=O) groups is 2. The van der Waals surface area contributed by atoms with Crippen LogP contribution in [0.3, 0.4) is 0 Å². The molecule has 0 aliphatic carbocycles. The molecule has 2 rings (SSSR count). The molecule has 0 aromatic heterocycles. The number of hydrogen-bond donors (Lipinski definition) is 1. The Bertz CT molecular complexity index is 919. The quantitative estimate of drug-likeness (QED) is 0.488. The molecule has 0 fully saturated rings. The molecule has 2 aromatic rings. The van der Waals surface area contributed by atoms with Gasteiger partial charge in [0, 0.05) is 17.5 Å². The summed E-state index contributed by atoms with van der Waals surface area (Å²) in [5.74, 6) is -0.948. The lowest BCUT2D eigenvalue weighted by Gasteiger charge is -2.06. The molecule has 28 heavy (non-hydrogen) atoms. The number of esters is 1. The normalized spacial score (nSPS) is 11.5. The van der Waals surface area contributed by atoms with Crippen molar-refractivity contribution in [1.82, 2.24) is 4.72 Å². The lowest BCUT2D eigenvalue weighted by Crippen LogP contribution is -2.25. The Labute approximate surface area is 165 Å². The largest absolute Gasteiger partial charge is 0.457 e. The van der Waals surface area contributed by atoms with Gasteiger partial charge in [0.2, 0.25) is 10.0 Å². The van der Waals surface area contributed by atoms with Gasteiger partial charge in [-0.3, -0.25) is 9.59 Å². The second-order valence-corrected chi connectivity index (χ2v) is 7.69. The smallest absolute Gasteiger partial charge is 0.307 e. The predicted octanol–water partition coefficient (Wildman–Crippen LogP) is 2.96. The molecule has 0 saturated carbocycles. The summed E-state index contributed by atoms with van der Waals surface area (Å²) in [6.45, 7) is 1.54. The van der Waals surface area contributed by atoms with Crippen LogP contribution in [0.15, 0.2) is 60.0 Å². The van der Waals surface area contributed by atoms with Crippen molar-refractivity contribution in [2.75, 3.05) is 13.2 Å². The van der Waals surface area contributed by atoms with Crippen molar-refractivity contribution >= 4 is 27.9 Å². The first kappa shape index (κ1) is 21.5. The van der Waals surface area contributed by atoms with Crippen LogP contribution in [0.4, 0.5) is 0 Å². The van der Waals surface area contributed by atoms with Crippen LogP contribution in [0.25, 0.3) is 6.08 Å². The molecule has 1 N–H and O–H groups in total. The number of nitrogens with one attached hydrogen (secondary N) is 1. The Hall–Kier alpha value is -2.77. The van der Waals surface area contributed by atoms with E-state index in [4.69, 9.17) is 4.74 Å². The van der Waals surface area contributed by atoms with E-state index in [0.29, 0.717) is 5.56 Å². The van der Waals surface area contributed by atoms with E-state index in [2.05, 4.69) is 4.72 Å². The van der Waals surface area contributed by atoms with Crippen molar-refractivity contribution in [3.63, 3.8) is 0 Å². The molecule has 0 heterocycles. The van der Waals surface area contributed by atoms with Crippen molar-refractivity contribution in [2.45, 2.75) is 19.8 Å². The fraction of sp³-hybridized carbons (Fsp3) is 0.238. The Morgan fingerprint density at radius 2 is 1.71 bits per heavy atom. The van der Waals surface area contributed by atoms with Gasteiger partial charge in [-0.25, -0.2) is 13.1 Å². The lowest BCUT2D eigenvalue weighted by atomic mass is 10.1. The van der Waals surface area contributed by atoms with Gasteiger partial charge in [0.25, 0.3) is 0 Å². The summed E-state index contributed by atoms with van der Waals surface area (Å²) in [6, 6.07) is 16.1. The van der Waals surface area contributed by atoms with Crippen molar-refractivity contribution in [3.05, 3.63) is 76.7 Å². The summed E-state index contributed by atoms with van der Waals surface area (Å²) >= 11 is 0. The fourth-order valence-electron chi connectivity index (χ4n) is 2.30. The monoisotopic (exact) mass is 401 g/mol. The maximum atomic E-state index is 12.0. The van der Waals surface area contributed by atoms with E-state index in [-0.39, 0.29) is 25.4 Å². The van der Waals surface area contributed by atoms with E-state index in [1.54, 1.807) is 36.4 Å². The second kappa shape index (κ2) is 10.5. The number of rotatable bonds is 10. The van der Waals surface area contributed by atoms with Gasteiger partial charge in [-0.1, -0.05) is 61.5 Å². The maximum Gasteiger partial charge on any atom is 0.307 e. The molecule has 148 valence electrons. The predicted molar refractivity (Wildman–Crippen MR) is 108 cm³/mol. The zero-order valence-corrected chi connectivity index (χ0v) is 16.4. The Balaban J connectivity index is 1.72. The fourth-order valence-corrected chi connectivity index (χ4v) is 3.12. The van der Waals surface area contributed by atoms with Crippen molar-refractivity contribution < 1.29 is 22.7 Å². The highest BCUT2D eigenvalue weighted by Gasteiger charge is 2.11. The summed E-state index contributed by atoms with van der Waals surface area (Å²) in [7, 11) is -3.66. The summed E-state index contributed by atoms with van der Waals surface area (Å²) in [6.07, 6.45) is 2.17. The molecule has 0 saturated heterocycles. The highest BCUT2D eigenvalue weighted by Crippen LogP contribution is 2.06. The van der Waals surface area contributed by atoms with Crippen LogP contribution in [-0.4, -0.2) is 33.3 Å². The minimum Gasteiger partial charge on any atom is -0.457 e. The third-order valence-electron chi connectivity index (χ3n) is 3.92. The minimum absolute atomic E-state index is 0.111. The number of carbonyl (C=O) groups excluding carboxylic acids is 2. The number of ketones is 1. The third kappa shape index (κ3) is 7.46. The van der Waals surface area contributed by atoms with Gasteiger partial charge in [-0.2, -0.15) is 0 Å². The first-order valence-corrected chi connectivity index (χ1v) is 10.4. The number of aryl methyl sites for hydroxylation is 1. The van der Waals surface area contributed by atoms with Crippen molar-refractivity contribution in [3.8, 4) is 0 Å². The molecule has 0 amide bonds. The summed E-state index contributed by atoms with van der Waals surface area (Å²) < 4.78 is 31.0. The van der Waals surface area contributed by atoms with Gasteiger partial charge in [0.05, 0.1) is 6.42 Å². The van der Waals surface area contributed by atoms with Gasteiger partial charge in [0.1, 0.15) is 0 Å². The molecule has 0 spiro atoms. The van der Waals surface area contributed by atoms with Gasteiger partial charge in [-0.05, 0) is 23.6 Å². The van der Waals surface area contributed by atoms with Crippen molar-refractivity contribution in [2.24, 2.45) is 0 Å². The van der Waals surface area contributed by atoms with E-state index in [0.717, 1.165) is 23.0 Å². The topological polar surface area (TPSA) is 89.5 Å². The lowest BCUT2D eigenvalue weighted by molar-refractivity contribution is -0.142. The minimum atomic E-state index is -3.66. The van der Waals surface area contributed by atoms with Gasteiger partial charge in [-0.15, -0.1) is 0 Å². The Kier molecular flexibility index (Phi) is 8.10. The summed E-state index contributed by atoms with van der Waals surface area (Å²) in [4.78, 5) is 23.7. The molecule has 0 atom stereocenters. The van der Waals surface area contributed by atoms with Crippen molar-refractivity contribution in [1.29, 1.82) is 0 Å². The van der Waals surface area contributed by atoms with Crippen LogP contribution in [0.5, 0.6) is 0 Å². The Morgan fingerprint density at radius 3 is 2.36 bits per heavy atom. The molecule has 0 aliphatic rings. The van der Waals surface area contributed by atoms with E-state index in [9.17, 15) is 18.0 Å². The third-order valence-corrected chi connectivity index (χ3v) is 5.02. The molecule has 0 bridgehead atoms. The highest BCUT2D eigenvalue weighted by atomic mass is 32.2. The molecular weight excluding hydrogens is 378 g/mol. The van der Waals surface area contributed by atoms with Crippen LogP contribution in [-0.2, 0) is 26.0 Å². The van der Waals surface area contributed by atoms with Gasteiger partial charge < -0.3 is 4.74 Å². The maximum absolute atomic E-state index is 12.0. The molecule has 0 radical (unpaired) electrons. The Morgan fingerprint density at radius 1 is 1.04 bits per heavy atom. The molecular formula is C21H23NO5S. The molecule has 0 aliphatic heterocycles. The highest BCUT2D eigenvalue weighted by molar-refractivity contribution is 7.92. The number of sulfonamides is 1. The van der Waals surface area contributed by atoms with Crippen LogP contribution < -0.4 is 4.72 Å². The molecule has 6 nitrogen and oxygen atoms in total. The van der Waals surface area contributed by atoms with Gasteiger partial charge >= 0.3 is 5.97 Å². The summed E-state index contributed by atoms with van der Waals surface area (Å²) in [5.41, 5.74) is 2.33. The SMILES string of the molecule is CCc1ccc(C(=O)COC(=O)CCNS(=O)(=O)/C=C/c2ccccc2)cc1. The second-order valence-electron chi connectivity index (χ2n) is 6.04. The molecule has 2 aromatic carbocycles. The van der Waals surface area contributed by atoms with E-state index >= 15 is 0 Å². The van der Waals surface area contributed by atoms with Crippen LogP contribution >= 0.6 is 0 Å². The first-order valence-electron chi connectivity index (χ1n) is 8.90. The van der Waals surface area contributed by atoms with Crippen LogP contribution in [0, 0.1) is 0 Å². The number of hydrogen-bond acceptors (Lipinski definition) is 5.